The predicted molar refractivity (Wildman–Crippen MR) is 112 cm³/mol. The number of aryl methyl sites for hydroxylation is 1. The van der Waals surface area contributed by atoms with Gasteiger partial charge in [-0.1, -0.05) is 35.9 Å². The first-order valence-electron chi connectivity index (χ1n) is 9.27. The molecule has 6 nitrogen and oxygen atoms in total. The maximum Gasteiger partial charge on any atom is 0.232 e. The molecule has 0 aliphatic heterocycles. The van der Waals surface area contributed by atoms with Gasteiger partial charge in [0.2, 0.25) is 15.9 Å². The molecule has 152 valence electrons. The fourth-order valence-corrected chi connectivity index (χ4v) is 3.67. The van der Waals surface area contributed by atoms with Crippen LogP contribution in [0.1, 0.15) is 25.3 Å². The standard InChI is InChI=1S/C21H28N2O4S/c1-17-11-13-20(14-12-17)27-16-18(2)22-21(24)10-7-15-23(28(3,25)26)19-8-5-4-6-9-19/h4-6,8-9,11-14,18H,7,10,15-16H2,1-3H3,(H,22,24). The van der Waals surface area contributed by atoms with Gasteiger partial charge in [0, 0.05) is 13.0 Å². The van der Waals surface area contributed by atoms with Crippen LogP contribution in [0.5, 0.6) is 5.75 Å². The summed E-state index contributed by atoms with van der Waals surface area (Å²) in [5, 5.41) is 2.88. The Morgan fingerprint density at radius 1 is 1.11 bits per heavy atom. The first-order chi connectivity index (χ1) is 13.3. The van der Waals surface area contributed by atoms with Gasteiger partial charge in [0.1, 0.15) is 12.4 Å². The Morgan fingerprint density at radius 2 is 1.75 bits per heavy atom. The molecule has 1 N–H and O–H groups in total. The first kappa shape index (κ1) is 21.8. The highest BCUT2D eigenvalue weighted by Crippen LogP contribution is 2.17. The number of sulfonamides is 1. The zero-order chi connectivity index (χ0) is 20.6. The van der Waals surface area contributed by atoms with Crippen LogP contribution in [-0.2, 0) is 14.8 Å². The van der Waals surface area contributed by atoms with Crippen LogP contribution in [0.15, 0.2) is 54.6 Å². The molecule has 0 fully saturated rings. The van der Waals surface area contributed by atoms with Crippen molar-refractivity contribution in [2.24, 2.45) is 0 Å². The van der Waals surface area contributed by atoms with Crippen molar-refractivity contribution >= 4 is 21.6 Å². The third-order valence-electron chi connectivity index (χ3n) is 4.14. The summed E-state index contributed by atoms with van der Waals surface area (Å²) in [7, 11) is -3.40. The second-order valence-corrected chi connectivity index (χ2v) is 8.77. The van der Waals surface area contributed by atoms with Gasteiger partial charge in [0.05, 0.1) is 18.0 Å². The van der Waals surface area contributed by atoms with Crippen molar-refractivity contribution in [2.45, 2.75) is 32.7 Å². The molecule has 0 saturated carbocycles. The van der Waals surface area contributed by atoms with E-state index >= 15 is 0 Å². The summed E-state index contributed by atoms with van der Waals surface area (Å²) in [6.45, 7) is 4.51. The van der Waals surface area contributed by atoms with Crippen molar-refractivity contribution < 1.29 is 17.9 Å². The quantitative estimate of drug-likeness (QED) is 0.660. The largest absolute Gasteiger partial charge is 0.491 e. The summed E-state index contributed by atoms with van der Waals surface area (Å²) < 4.78 is 31.1. The molecule has 0 spiro atoms. The lowest BCUT2D eigenvalue weighted by molar-refractivity contribution is -0.121. The third-order valence-corrected chi connectivity index (χ3v) is 5.33. The molecule has 0 aliphatic carbocycles. The number of carbonyl (C=O) groups is 1. The Morgan fingerprint density at radius 3 is 2.36 bits per heavy atom. The van der Waals surface area contributed by atoms with Crippen LogP contribution in [0.2, 0.25) is 0 Å². The molecule has 0 radical (unpaired) electrons. The summed E-state index contributed by atoms with van der Waals surface area (Å²) in [6.07, 6.45) is 1.84. The van der Waals surface area contributed by atoms with Gasteiger partial charge in [0.25, 0.3) is 0 Å². The minimum atomic E-state index is -3.40. The number of para-hydroxylation sites is 1. The highest BCUT2D eigenvalue weighted by Gasteiger charge is 2.17. The number of hydrogen-bond donors (Lipinski definition) is 1. The zero-order valence-corrected chi connectivity index (χ0v) is 17.4. The highest BCUT2D eigenvalue weighted by molar-refractivity contribution is 7.92. The van der Waals surface area contributed by atoms with E-state index in [0.717, 1.165) is 11.3 Å². The highest BCUT2D eigenvalue weighted by atomic mass is 32.2. The summed E-state index contributed by atoms with van der Waals surface area (Å²) in [6, 6.07) is 16.5. The van der Waals surface area contributed by atoms with Gasteiger partial charge < -0.3 is 10.1 Å². The molecule has 1 amide bonds. The van der Waals surface area contributed by atoms with E-state index in [1.807, 2.05) is 44.2 Å². The Bertz CT molecular complexity index is 852. The molecule has 2 aromatic carbocycles. The Kier molecular flexibility index (Phi) is 7.87. The minimum absolute atomic E-state index is 0.124. The number of nitrogens with one attached hydrogen (secondary N) is 1. The predicted octanol–water partition coefficient (Wildman–Crippen LogP) is 3.12. The zero-order valence-electron chi connectivity index (χ0n) is 16.6. The van der Waals surface area contributed by atoms with Crippen molar-refractivity contribution in [3.63, 3.8) is 0 Å². The van der Waals surface area contributed by atoms with E-state index in [1.54, 1.807) is 24.3 Å². The van der Waals surface area contributed by atoms with E-state index in [0.29, 0.717) is 18.7 Å². The van der Waals surface area contributed by atoms with Gasteiger partial charge in [-0.05, 0) is 44.5 Å². The van der Waals surface area contributed by atoms with Gasteiger partial charge >= 0.3 is 0 Å². The minimum Gasteiger partial charge on any atom is -0.491 e. The van der Waals surface area contributed by atoms with E-state index in [2.05, 4.69) is 5.32 Å². The molecule has 0 saturated heterocycles. The molecule has 1 atom stereocenters. The normalized spacial score (nSPS) is 12.2. The maximum atomic E-state index is 12.1. The number of nitrogens with zero attached hydrogens (tertiary/aromatic N) is 1. The van der Waals surface area contributed by atoms with Crippen LogP contribution in [-0.4, -0.2) is 39.8 Å². The monoisotopic (exact) mass is 404 g/mol. The fraction of sp³-hybridized carbons (Fsp3) is 0.381. The summed E-state index contributed by atoms with van der Waals surface area (Å²) in [5.74, 6) is 0.639. The van der Waals surface area contributed by atoms with Crippen molar-refractivity contribution in [1.82, 2.24) is 5.32 Å². The number of amides is 1. The molecule has 0 heterocycles. The van der Waals surface area contributed by atoms with Crippen LogP contribution >= 0.6 is 0 Å². The molecule has 0 aromatic heterocycles. The molecular weight excluding hydrogens is 376 g/mol. The third kappa shape index (κ3) is 7.23. The van der Waals surface area contributed by atoms with E-state index in [1.165, 1.54) is 10.6 Å². The summed E-state index contributed by atoms with van der Waals surface area (Å²) in [4.78, 5) is 12.1. The average molecular weight is 405 g/mol. The first-order valence-corrected chi connectivity index (χ1v) is 11.1. The topological polar surface area (TPSA) is 75.7 Å². The van der Waals surface area contributed by atoms with Gasteiger partial charge in [-0.2, -0.15) is 0 Å². The lowest BCUT2D eigenvalue weighted by Crippen LogP contribution is -2.37. The van der Waals surface area contributed by atoms with Gasteiger partial charge in [-0.15, -0.1) is 0 Å². The van der Waals surface area contributed by atoms with Gasteiger partial charge in [0.15, 0.2) is 0 Å². The van der Waals surface area contributed by atoms with Gasteiger partial charge in [-0.3, -0.25) is 9.10 Å². The Labute approximate surface area is 167 Å². The molecule has 2 rings (SSSR count). The number of anilines is 1. The van der Waals surface area contributed by atoms with E-state index in [4.69, 9.17) is 4.74 Å². The number of benzene rings is 2. The van der Waals surface area contributed by atoms with E-state index in [9.17, 15) is 13.2 Å². The number of rotatable bonds is 10. The SMILES string of the molecule is Cc1ccc(OCC(C)NC(=O)CCCN(c2ccccc2)S(C)(=O)=O)cc1. The van der Waals surface area contributed by atoms with Crippen molar-refractivity contribution in [3.05, 3.63) is 60.2 Å². The second-order valence-electron chi connectivity index (χ2n) is 6.87. The van der Waals surface area contributed by atoms with Crippen LogP contribution in [0.25, 0.3) is 0 Å². The summed E-state index contributed by atoms with van der Waals surface area (Å²) >= 11 is 0. The fourth-order valence-electron chi connectivity index (χ4n) is 2.71. The van der Waals surface area contributed by atoms with E-state index < -0.39 is 10.0 Å². The second kappa shape index (κ2) is 10.1. The smallest absolute Gasteiger partial charge is 0.232 e. The molecule has 28 heavy (non-hydrogen) atoms. The molecule has 0 aliphatic rings. The number of ether oxygens (including phenoxy) is 1. The molecule has 0 bridgehead atoms. The lowest BCUT2D eigenvalue weighted by atomic mass is 10.2. The molecule has 2 aromatic rings. The molecule has 7 heteroatoms. The number of carbonyl (C=O) groups excluding carboxylic acids is 1. The summed E-state index contributed by atoms with van der Waals surface area (Å²) in [5.41, 5.74) is 1.76. The van der Waals surface area contributed by atoms with E-state index in [-0.39, 0.29) is 24.9 Å². The molecular formula is C21H28N2O4S. The van der Waals surface area contributed by atoms with Gasteiger partial charge in [-0.25, -0.2) is 8.42 Å². The maximum absolute atomic E-state index is 12.1. The number of hydrogen-bond acceptors (Lipinski definition) is 4. The Hall–Kier alpha value is -2.54. The average Bonchev–Trinajstić information content (AvgIpc) is 2.64. The molecule has 1 unspecified atom stereocenters. The van der Waals surface area contributed by atoms with Crippen molar-refractivity contribution in [1.29, 1.82) is 0 Å². The van der Waals surface area contributed by atoms with Crippen LogP contribution in [0.3, 0.4) is 0 Å². The Balaban J connectivity index is 1.77. The lowest BCUT2D eigenvalue weighted by Gasteiger charge is -2.22. The van der Waals surface area contributed by atoms with Crippen LogP contribution in [0, 0.1) is 6.92 Å². The van der Waals surface area contributed by atoms with Crippen LogP contribution < -0.4 is 14.4 Å². The van der Waals surface area contributed by atoms with Crippen LogP contribution in [0.4, 0.5) is 5.69 Å². The van der Waals surface area contributed by atoms with Crippen molar-refractivity contribution in [3.8, 4) is 5.75 Å². The van der Waals surface area contributed by atoms with Crippen molar-refractivity contribution in [2.75, 3.05) is 23.7 Å².